The molecule has 0 spiro atoms. The summed E-state index contributed by atoms with van der Waals surface area (Å²) in [6.07, 6.45) is 2.55. The van der Waals surface area contributed by atoms with Gasteiger partial charge in [-0.25, -0.2) is 4.79 Å². The molecule has 4 nitrogen and oxygen atoms in total. The molecule has 1 aromatic rings. The zero-order valence-electron chi connectivity index (χ0n) is 12.2. The second kappa shape index (κ2) is 8.15. The summed E-state index contributed by atoms with van der Waals surface area (Å²) in [5, 5.41) is 9.94. The van der Waals surface area contributed by atoms with Gasteiger partial charge >= 0.3 is 5.97 Å². The highest BCUT2D eigenvalue weighted by Gasteiger charge is 2.14. The van der Waals surface area contributed by atoms with Gasteiger partial charge in [0.15, 0.2) is 0 Å². The Morgan fingerprint density at radius 1 is 1.35 bits per heavy atom. The number of aliphatic imine (C=N–C) groups is 1. The number of carbonyl (C=O) groups is 1. The molecule has 0 bridgehead atoms. The second-order valence-corrected chi connectivity index (χ2v) is 4.38. The molecule has 1 aromatic carbocycles. The van der Waals surface area contributed by atoms with Crippen LogP contribution in [0, 0.1) is 6.92 Å². The summed E-state index contributed by atoms with van der Waals surface area (Å²) in [5.41, 5.74) is 1.89. The van der Waals surface area contributed by atoms with Crippen LogP contribution < -0.4 is 0 Å². The van der Waals surface area contributed by atoms with E-state index in [4.69, 9.17) is 4.74 Å². The van der Waals surface area contributed by atoms with E-state index in [1.54, 1.807) is 6.92 Å². The Bertz CT molecular complexity index is 518. The average molecular weight is 275 g/mol. The molecule has 0 aliphatic heterocycles. The van der Waals surface area contributed by atoms with Gasteiger partial charge in [-0.15, -0.1) is 0 Å². The van der Waals surface area contributed by atoms with Crippen LogP contribution in [-0.4, -0.2) is 23.9 Å². The monoisotopic (exact) mass is 275 g/mol. The van der Waals surface area contributed by atoms with Crippen molar-refractivity contribution in [2.75, 3.05) is 6.61 Å². The van der Waals surface area contributed by atoms with Gasteiger partial charge in [-0.1, -0.05) is 25.1 Å². The molecule has 0 saturated heterocycles. The first kappa shape index (κ1) is 16.0. The van der Waals surface area contributed by atoms with Crippen LogP contribution in [0.25, 0.3) is 0 Å². The van der Waals surface area contributed by atoms with E-state index in [0.717, 1.165) is 17.7 Å². The molecule has 4 heteroatoms. The number of rotatable bonds is 6. The Labute approximate surface area is 119 Å². The largest absolute Gasteiger partial charge is 0.511 e. The van der Waals surface area contributed by atoms with Gasteiger partial charge in [-0.05, 0) is 31.9 Å². The smallest absolute Gasteiger partial charge is 0.343 e. The molecule has 0 unspecified atom stereocenters. The fourth-order valence-electron chi connectivity index (χ4n) is 1.67. The number of para-hydroxylation sites is 1. The maximum Gasteiger partial charge on any atom is 0.343 e. The van der Waals surface area contributed by atoms with E-state index >= 15 is 0 Å². The number of hydrogen-bond donors (Lipinski definition) is 1. The quantitative estimate of drug-likeness (QED) is 0.371. The van der Waals surface area contributed by atoms with Crippen LogP contribution in [0.1, 0.15) is 32.3 Å². The Morgan fingerprint density at radius 3 is 2.65 bits per heavy atom. The van der Waals surface area contributed by atoms with Crippen LogP contribution >= 0.6 is 0 Å². The van der Waals surface area contributed by atoms with Crippen LogP contribution in [0.3, 0.4) is 0 Å². The van der Waals surface area contributed by atoms with Crippen LogP contribution in [0.15, 0.2) is 40.6 Å². The summed E-state index contributed by atoms with van der Waals surface area (Å²) < 4.78 is 4.94. The van der Waals surface area contributed by atoms with Crippen LogP contribution in [0.5, 0.6) is 0 Å². The van der Waals surface area contributed by atoms with E-state index in [1.165, 1.54) is 6.21 Å². The van der Waals surface area contributed by atoms with Crippen LogP contribution in [0.4, 0.5) is 5.69 Å². The molecule has 0 aliphatic rings. The molecule has 0 amide bonds. The third-order valence-corrected chi connectivity index (χ3v) is 2.74. The van der Waals surface area contributed by atoms with Gasteiger partial charge in [0.1, 0.15) is 11.3 Å². The summed E-state index contributed by atoms with van der Waals surface area (Å²) in [4.78, 5) is 16.1. The van der Waals surface area contributed by atoms with Crippen molar-refractivity contribution < 1.29 is 14.6 Å². The number of ether oxygens (including phenoxy) is 1. The number of aryl methyl sites for hydroxylation is 1. The van der Waals surface area contributed by atoms with E-state index in [-0.39, 0.29) is 17.9 Å². The first-order valence-corrected chi connectivity index (χ1v) is 6.79. The number of aliphatic hydroxyl groups is 1. The lowest BCUT2D eigenvalue weighted by Gasteiger charge is -2.06. The van der Waals surface area contributed by atoms with Gasteiger partial charge in [0.05, 0.1) is 12.3 Å². The summed E-state index contributed by atoms with van der Waals surface area (Å²) in [6.45, 7) is 5.86. The molecule has 1 N–H and O–H groups in total. The molecule has 108 valence electrons. The first-order valence-electron chi connectivity index (χ1n) is 6.79. The van der Waals surface area contributed by atoms with Gasteiger partial charge in [0, 0.05) is 12.6 Å². The van der Waals surface area contributed by atoms with Crippen molar-refractivity contribution in [1.29, 1.82) is 0 Å². The lowest BCUT2D eigenvalue weighted by Crippen LogP contribution is -2.11. The highest BCUT2D eigenvalue weighted by molar-refractivity contribution is 6.10. The fraction of sp³-hybridized carbons (Fsp3) is 0.375. The number of benzene rings is 1. The summed E-state index contributed by atoms with van der Waals surface area (Å²) in [6, 6.07) is 7.59. The maximum atomic E-state index is 11.8. The normalized spacial score (nSPS) is 12.3. The third-order valence-electron chi connectivity index (χ3n) is 2.74. The van der Waals surface area contributed by atoms with Crippen molar-refractivity contribution in [1.82, 2.24) is 0 Å². The van der Waals surface area contributed by atoms with Crippen LogP contribution in [-0.2, 0) is 9.53 Å². The highest BCUT2D eigenvalue weighted by atomic mass is 16.5. The van der Waals surface area contributed by atoms with E-state index in [0.29, 0.717) is 6.42 Å². The molecule has 0 heterocycles. The lowest BCUT2D eigenvalue weighted by molar-refractivity contribution is -0.138. The maximum absolute atomic E-state index is 11.8. The predicted molar refractivity (Wildman–Crippen MR) is 80.5 cm³/mol. The van der Waals surface area contributed by atoms with E-state index in [9.17, 15) is 9.90 Å². The Kier molecular flexibility index (Phi) is 6.50. The molecule has 0 saturated carbocycles. The van der Waals surface area contributed by atoms with Gasteiger partial charge in [-0.3, -0.25) is 4.99 Å². The fourth-order valence-corrected chi connectivity index (χ4v) is 1.67. The molecule has 0 aliphatic carbocycles. The number of carbonyl (C=O) groups excluding carboxylic acids is 1. The van der Waals surface area contributed by atoms with Crippen molar-refractivity contribution in [2.24, 2.45) is 4.99 Å². The van der Waals surface area contributed by atoms with Crippen molar-refractivity contribution >= 4 is 17.9 Å². The van der Waals surface area contributed by atoms with Gasteiger partial charge in [-0.2, -0.15) is 0 Å². The third kappa shape index (κ3) is 4.53. The summed E-state index contributed by atoms with van der Waals surface area (Å²) in [7, 11) is 0. The molecule has 0 radical (unpaired) electrons. The van der Waals surface area contributed by atoms with E-state index < -0.39 is 5.97 Å². The zero-order valence-corrected chi connectivity index (χ0v) is 12.2. The number of hydrogen-bond acceptors (Lipinski definition) is 4. The van der Waals surface area contributed by atoms with Crippen molar-refractivity contribution in [3.8, 4) is 0 Å². The van der Waals surface area contributed by atoms with Gasteiger partial charge in [0.2, 0.25) is 0 Å². The molecule has 0 fully saturated rings. The number of aliphatic hydroxyl groups excluding tert-OH is 1. The van der Waals surface area contributed by atoms with Gasteiger partial charge in [0.25, 0.3) is 0 Å². The molecule has 0 atom stereocenters. The summed E-state index contributed by atoms with van der Waals surface area (Å²) >= 11 is 0. The number of esters is 1. The van der Waals surface area contributed by atoms with Crippen molar-refractivity contribution in [3.63, 3.8) is 0 Å². The van der Waals surface area contributed by atoms with Crippen molar-refractivity contribution in [2.45, 2.75) is 33.6 Å². The molecule has 0 aromatic heterocycles. The molecule has 20 heavy (non-hydrogen) atoms. The topological polar surface area (TPSA) is 58.9 Å². The second-order valence-electron chi connectivity index (χ2n) is 4.38. The standard InChI is InChI=1S/C16H21NO3/c1-4-8-15(18)13(16(19)20-5-2)11-17-14-10-7-6-9-12(14)3/h6-7,9-11,18H,4-5,8H2,1-3H3. The van der Waals surface area contributed by atoms with Gasteiger partial charge < -0.3 is 9.84 Å². The van der Waals surface area contributed by atoms with Crippen LogP contribution in [0.2, 0.25) is 0 Å². The number of nitrogens with zero attached hydrogens (tertiary/aromatic N) is 1. The Hall–Kier alpha value is -2.10. The van der Waals surface area contributed by atoms with Crippen molar-refractivity contribution in [3.05, 3.63) is 41.2 Å². The highest BCUT2D eigenvalue weighted by Crippen LogP contribution is 2.18. The molecular formula is C16H21NO3. The Balaban J connectivity index is 3.04. The molecular weight excluding hydrogens is 254 g/mol. The zero-order chi connectivity index (χ0) is 15.0. The molecule has 1 rings (SSSR count). The minimum atomic E-state index is -0.546. The average Bonchev–Trinajstić information content (AvgIpc) is 2.41. The van der Waals surface area contributed by atoms with E-state index in [1.807, 2.05) is 38.1 Å². The van der Waals surface area contributed by atoms with E-state index in [2.05, 4.69) is 4.99 Å². The minimum Gasteiger partial charge on any atom is -0.511 e. The first-order chi connectivity index (χ1) is 9.60. The number of allylic oxidation sites excluding steroid dienone is 1. The summed E-state index contributed by atoms with van der Waals surface area (Å²) in [5.74, 6) is -0.529. The minimum absolute atomic E-state index is 0.0169. The lowest BCUT2D eigenvalue weighted by atomic mass is 10.1. The SMILES string of the molecule is CCCC(O)=C(C=Nc1ccccc1C)C(=O)OCC. The Morgan fingerprint density at radius 2 is 2.05 bits per heavy atom. The predicted octanol–water partition coefficient (Wildman–Crippen LogP) is 3.87.